The normalized spacial score (nSPS) is 16.9. The van der Waals surface area contributed by atoms with E-state index in [0.717, 1.165) is 10.0 Å². The Bertz CT molecular complexity index is 991. The number of rotatable bonds is 4. The van der Waals surface area contributed by atoms with Gasteiger partial charge < -0.3 is 9.42 Å². The highest BCUT2D eigenvalue weighted by molar-refractivity contribution is 9.10. The van der Waals surface area contributed by atoms with Crippen LogP contribution in [0.5, 0.6) is 0 Å². The van der Waals surface area contributed by atoms with Gasteiger partial charge in [0.1, 0.15) is 11.9 Å². The van der Waals surface area contributed by atoms with Gasteiger partial charge in [0.2, 0.25) is 17.6 Å². The summed E-state index contributed by atoms with van der Waals surface area (Å²) >= 11 is 6.63. The first-order valence-electron chi connectivity index (χ1n) is 8.34. The van der Waals surface area contributed by atoms with Crippen molar-refractivity contribution >= 4 is 37.8 Å². The summed E-state index contributed by atoms with van der Waals surface area (Å²) in [5.41, 5.74) is 1.27. The third kappa shape index (κ3) is 3.82. The maximum atomic E-state index is 14.2. The van der Waals surface area contributed by atoms with Crippen LogP contribution in [0.1, 0.15) is 30.3 Å². The number of amides is 1. The Labute approximate surface area is 171 Å². The fraction of sp³-hybridized carbons (Fsp3) is 0.211. The van der Waals surface area contributed by atoms with E-state index in [0.29, 0.717) is 34.6 Å². The highest BCUT2D eigenvalue weighted by Gasteiger charge is 2.36. The topological polar surface area (TPSA) is 59.2 Å². The zero-order chi connectivity index (χ0) is 19.0. The van der Waals surface area contributed by atoms with Gasteiger partial charge in [-0.2, -0.15) is 4.98 Å². The minimum atomic E-state index is -0.357. The molecule has 1 aliphatic rings. The lowest BCUT2D eigenvalue weighted by molar-refractivity contribution is -0.130. The largest absolute Gasteiger partial charge is 0.337 e. The first-order valence-corrected chi connectivity index (χ1v) is 9.93. The van der Waals surface area contributed by atoms with Crippen molar-refractivity contribution in [2.45, 2.75) is 25.4 Å². The van der Waals surface area contributed by atoms with Gasteiger partial charge in [-0.25, -0.2) is 4.39 Å². The van der Waals surface area contributed by atoms with Gasteiger partial charge in [-0.15, -0.1) is 0 Å². The molecule has 8 heteroatoms. The molecule has 0 radical (unpaired) electrons. The molecule has 1 saturated heterocycles. The zero-order valence-electron chi connectivity index (χ0n) is 14.0. The van der Waals surface area contributed by atoms with Crippen molar-refractivity contribution in [3.8, 4) is 11.4 Å². The van der Waals surface area contributed by atoms with E-state index in [1.54, 1.807) is 17.0 Å². The second-order valence-electron chi connectivity index (χ2n) is 6.27. The summed E-state index contributed by atoms with van der Waals surface area (Å²) < 4.78 is 21.2. The van der Waals surface area contributed by atoms with E-state index in [4.69, 9.17) is 4.52 Å². The van der Waals surface area contributed by atoms with Crippen molar-refractivity contribution in [1.29, 1.82) is 0 Å². The van der Waals surface area contributed by atoms with Crippen LogP contribution in [-0.4, -0.2) is 20.9 Å². The van der Waals surface area contributed by atoms with Crippen LogP contribution in [0.2, 0.25) is 0 Å². The second-order valence-corrected chi connectivity index (χ2v) is 8.11. The molecule has 1 aliphatic heterocycles. The molecule has 1 aromatic heterocycles. The number of aromatic nitrogens is 2. The van der Waals surface area contributed by atoms with Gasteiger partial charge >= 0.3 is 0 Å². The van der Waals surface area contributed by atoms with E-state index >= 15 is 0 Å². The first kappa shape index (κ1) is 18.3. The van der Waals surface area contributed by atoms with Crippen LogP contribution < -0.4 is 0 Å². The molecule has 1 fully saturated rings. The number of nitrogens with zero attached hydrogens (tertiary/aromatic N) is 3. The predicted octanol–water partition coefficient (Wildman–Crippen LogP) is 5.26. The zero-order valence-corrected chi connectivity index (χ0v) is 17.2. The Morgan fingerprint density at radius 3 is 2.63 bits per heavy atom. The first-order chi connectivity index (χ1) is 13.0. The molecule has 27 heavy (non-hydrogen) atoms. The third-order valence-corrected chi connectivity index (χ3v) is 5.54. The third-order valence-electron chi connectivity index (χ3n) is 4.51. The molecule has 2 heterocycles. The van der Waals surface area contributed by atoms with E-state index in [1.807, 2.05) is 24.3 Å². The van der Waals surface area contributed by atoms with Gasteiger partial charge in [-0.3, -0.25) is 4.79 Å². The Balaban J connectivity index is 1.59. The quantitative estimate of drug-likeness (QED) is 0.496. The molecule has 1 amide bonds. The lowest BCUT2D eigenvalue weighted by Crippen LogP contribution is -2.27. The average Bonchev–Trinajstić information content (AvgIpc) is 3.25. The second kappa shape index (κ2) is 7.52. The molecule has 0 aliphatic carbocycles. The van der Waals surface area contributed by atoms with E-state index < -0.39 is 0 Å². The van der Waals surface area contributed by atoms with Crippen molar-refractivity contribution in [3.05, 3.63) is 68.7 Å². The minimum absolute atomic E-state index is 0.0503. The summed E-state index contributed by atoms with van der Waals surface area (Å²) in [5, 5.41) is 4.04. The van der Waals surface area contributed by atoms with Crippen molar-refractivity contribution in [2.75, 3.05) is 0 Å². The number of hydrogen-bond donors (Lipinski definition) is 0. The van der Waals surface area contributed by atoms with Crippen molar-refractivity contribution < 1.29 is 13.7 Å². The fourth-order valence-corrected chi connectivity index (χ4v) is 3.71. The van der Waals surface area contributed by atoms with Crippen LogP contribution in [0.15, 0.2) is 55.9 Å². The van der Waals surface area contributed by atoms with Gasteiger partial charge in [0, 0.05) is 33.0 Å². The molecule has 138 valence electrons. The van der Waals surface area contributed by atoms with Crippen LogP contribution in [0.3, 0.4) is 0 Å². The highest BCUT2D eigenvalue weighted by atomic mass is 79.9. The lowest BCUT2D eigenvalue weighted by Gasteiger charge is -2.22. The van der Waals surface area contributed by atoms with E-state index in [2.05, 4.69) is 42.0 Å². The summed E-state index contributed by atoms with van der Waals surface area (Å²) in [6.45, 7) is 0.165. The van der Waals surface area contributed by atoms with Crippen LogP contribution >= 0.6 is 31.9 Å². The lowest BCUT2D eigenvalue weighted by atomic mass is 10.1. The Morgan fingerprint density at radius 1 is 1.15 bits per heavy atom. The summed E-state index contributed by atoms with van der Waals surface area (Å²) in [4.78, 5) is 18.4. The highest BCUT2D eigenvalue weighted by Crippen LogP contribution is 2.34. The predicted molar refractivity (Wildman–Crippen MR) is 104 cm³/mol. The summed E-state index contributed by atoms with van der Waals surface area (Å²) in [6.07, 6.45) is 0.942. The number of hydrogen-bond acceptors (Lipinski definition) is 4. The van der Waals surface area contributed by atoms with Gasteiger partial charge in [0.15, 0.2) is 0 Å². The molecule has 2 aromatic carbocycles. The average molecular weight is 495 g/mol. The van der Waals surface area contributed by atoms with Gasteiger partial charge in [0.25, 0.3) is 0 Å². The molecule has 4 rings (SSSR count). The monoisotopic (exact) mass is 493 g/mol. The van der Waals surface area contributed by atoms with Gasteiger partial charge in [0.05, 0.1) is 0 Å². The van der Waals surface area contributed by atoms with Gasteiger partial charge in [-0.1, -0.05) is 43.1 Å². The fourth-order valence-electron chi connectivity index (χ4n) is 3.11. The van der Waals surface area contributed by atoms with Crippen LogP contribution in [0, 0.1) is 5.82 Å². The summed E-state index contributed by atoms with van der Waals surface area (Å²) in [5.74, 6) is 0.428. The summed E-state index contributed by atoms with van der Waals surface area (Å²) in [7, 11) is 0. The SMILES string of the molecule is O=C1CCC(c2nc(-c3ccc(Br)cc3)no2)N1Cc1ccc(Br)cc1F. The van der Waals surface area contributed by atoms with Crippen molar-refractivity contribution in [1.82, 2.24) is 15.0 Å². The molecule has 0 N–H and O–H groups in total. The van der Waals surface area contributed by atoms with Crippen molar-refractivity contribution in [2.24, 2.45) is 0 Å². The van der Waals surface area contributed by atoms with Crippen molar-refractivity contribution in [3.63, 3.8) is 0 Å². The van der Waals surface area contributed by atoms with E-state index in [1.165, 1.54) is 6.07 Å². The molecule has 0 spiro atoms. The maximum absolute atomic E-state index is 14.2. The Hall–Kier alpha value is -2.06. The summed E-state index contributed by atoms with van der Waals surface area (Å²) in [6, 6.07) is 12.0. The Kier molecular flexibility index (Phi) is 5.10. The molecule has 1 atom stereocenters. The van der Waals surface area contributed by atoms with Crippen LogP contribution in [-0.2, 0) is 11.3 Å². The molecular formula is C19H14Br2FN3O2. The number of carbonyl (C=O) groups excluding carboxylic acids is 1. The van der Waals surface area contributed by atoms with Gasteiger partial charge in [-0.05, 0) is 42.8 Å². The Morgan fingerprint density at radius 2 is 1.89 bits per heavy atom. The maximum Gasteiger partial charge on any atom is 0.249 e. The molecule has 3 aromatic rings. The molecule has 5 nitrogen and oxygen atoms in total. The number of carbonyl (C=O) groups is 1. The smallest absolute Gasteiger partial charge is 0.249 e. The standard InChI is InChI=1S/C19H14Br2FN3O2/c20-13-4-1-11(2-5-13)18-23-19(27-24-18)16-7-8-17(26)25(16)10-12-3-6-14(21)9-15(12)22/h1-6,9,16H,7-8,10H2. The number of likely N-dealkylation sites (tertiary alicyclic amines) is 1. The minimum Gasteiger partial charge on any atom is -0.337 e. The van der Waals surface area contributed by atoms with E-state index in [-0.39, 0.29) is 24.3 Å². The molecular weight excluding hydrogens is 481 g/mol. The molecule has 0 saturated carbocycles. The van der Waals surface area contributed by atoms with Crippen LogP contribution in [0.4, 0.5) is 4.39 Å². The molecule has 1 unspecified atom stereocenters. The van der Waals surface area contributed by atoms with Crippen LogP contribution in [0.25, 0.3) is 11.4 Å². The number of benzene rings is 2. The number of halogens is 3. The molecule has 0 bridgehead atoms. The van der Waals surface area contributed by atoms with E-state index in [9.17, 15) is 9.18 Å².